The van der Waals surface area contributed by atoms with Gasteiger partial charge in [-0.2, -0.15) is 5.26 Å². The molecule has 2 aliphatic rings. The van der Waals surface area contributed by atoms with Crippen LogP contribution in [0.1, 0.15) is 49.6 Å². The molecule has 2 N–H and O–H groups in total. The molecule has 1 fully saturated rings. The van der Waals surface area contributed by atoms with Gasteiger partial charge in [0.15, 0.2) is 0 Å². The number of benzene rings is 1. The van der Waals surface area contributed by atoms with E-state index in [9.17, 15) is 15.2 Å². The van der Waals surface area contributed by atoms with Gasteiger partial charge >= 0.3 is 0 Å². The first-order chi connectivity index (χ1) is 13.5. The lowest BCUT2D eigenvalue weighted by Gasteiger charge is -2.45. The summed E-state index contributed by atoms with van der Waals surface area (Å²) in [6, 6.07) is 9.29. The highest BCUT2D eigenvalue weighted by Crippen LogP contribution is 2.49. The average molecular weight is 377 g/mol. The van der Waals surface area contributed by atoms with Gasteiger partial charge in [-0.1, -0.05) is 6.92 Å². The third kappa shape index (κ3) is 3.20. The Morgan fingerprint density at radius 3 is 2.82 bits per heavy atom. The molecule has 1 aromatic carbocycles. The van der Waals surface area contributed by atoms with E-state index < -0.39 is 0 Å². The number of aliphatic hydroxyl groups is 1. The van der Waals surface area contributed by atoms with Gasteiger partial charge in [-0.05, 0) is 48.6 Å². The van der Waals surface area contributed by atoms with E-state index in [1.165, 1.54) is 0 Å². The zero-order valence-electron chi connectivity index (χ0n) is 16.0. The third-order valence-electron chi connectivity index (χ3n) is 5.72. The first kappa shape index (κ1) is 18.4. The molecule has 144 valence electrons. The van der Waals surface area contributed by atoms with E-state index in [1.54, 1.807) is 25.3 Å². The van der Waals surface area contributed by atoms with Crippen LogP contribution in [-0.2, 0) is 11.4 Å². The number of nitrogens with zero attached hydrogens (tertiary/aromatic N) is 4. The van der Waals surface area contributed by atoms with E-state index in [2.05, 4.69) is 28.3 Å². The van der Waals surface area contributed by atoms with Gasteiger partial charge < -0.3 is 15.3 Å². The molecule has 2 aromatic rings. The molecule has 1 saturated carbocycles. The normalized spacial score (nSPS) is 23.6. The lowest BCUT2D eigenvalue weighted by Crippen LogP contribution is -2.51. The van der Waals surface area contributed by atoms with Gasteiger partial charge in [-0.25, -0.2) is 9.97 Å². The number of carbonyl (C=O) groups excluding carboxylic acids is 1. The molecule has 1 aliphatic heterocycles. The van der Waals surface area contributed by atoms with Gasteiger partial charge in [0, 0.05) is 30.8 Å². The summed E-state index contributed by atoms with van der Waals surface area (Å²) in [6.07, 6.45) is 3.85. The Labute approximate surface area is 164 Å². The Morgan fingerprint density at radius 2 is 2.18 bits per heavy atom. The topological polar surface area (TPSA) is 102 Å². The van der Waals surface area contributed by atoms with E-state index in [4.69, 9.17) is 0 Å². The molecule has 1 aliphatic carbocycles. The Kier molecular flexibility index (Phi) is 4.73. The standard InChI is InChI=1S/C21H23N5O2/c1-12-19(25-21-23-8-7-16(11-27)24-21)17-9-14(10-22)3-6-18(17)26(13(2)28)20(12)15-4-5-15/h3,6-9,12,15,19-20,27H,4-5,11H2,1-2H3,(H,23,24,25)/t12-,19-,20-/m1/s1. The van der Waals surface area contributed by atoms with Crippen LogP contribution in [0.4, 0.5) is 11.6 Å². The summed E-state index contributed by atoms with van der Waals surface area (Å²) in [4.78, 5) is 23.1. The number of carbonyl (C=O) groups is 1. The number of rotatable bonds is 4. The van der Waals surface area contributed by atoms with Crippen molar-refractivity contribution in [2.75, 3.05) is 10.2 Å². The van der Waals surface area contributed by atoms with Gasteiger partial charge in [0.2, 0.25) is 11.9 Å². The lowest BCUT2D eigenvalue weighted by atomic mass is 9.79. The first-order valence-electron chi connectivity index (χ1n) is 9.56. The molecule has 1 aromatic heterocycles. The van der Waals surface area contributed by atoms with E-state index in [1.807, 2.05) is 17.0 Å². The summed E-state index contributed by atoms with van der Waals surface area (Å²) in [7, 11) is 0. The Balaban J connectivity index is 1.80. The molecule has 0 spiro atoms. The number of hydrogen-bond acceptors (Lipinski definition) is 6. The van der Waals surface area contributed by atoms with Crippen molar-refractivity contribution >= 4 is 17.5 Å². The Hall–Kier alpha value is -2.98. The van der Waals surface area contributed by atoms with E-state index >= 15 is 0 Å². The fourth-order valence-corrected chi connectivity index (χ4v) is 4.33. The summed E-state index contributed by atoms with van der Waals surface area (Å²) in [5.41, 5.74) is 2.83. The summed E-state index contributed by atoms with van der Waals surface area (Å²) < 4.78 is 0. The van der Waals surface area contributed by atoms with Gasteiger partial charge in [0.05, 0.1) is 30.0 Å². The molecule has 0 unspecified atom stereocenters. The number of amides is 1. The Bertz CT molecular complexity index is 950. The van der Waals surface area contributed by atoms with Crippen LogP contribution in [-0.4, -0.2) is 27.0 Å². The minimum absolute atomic E-state index is 0.0201. The second kappa shape index (κ2) is 7.21. The second-order valence-corrected chi connectivity index (χ2v) is 7.61. The minimum Gasteiger partial charge on any atom is -0.390 e. The van der Waals surface area contributed by atoms with Crippen LogP contribution in [0.25, 0.3) is 0 Å². The number of hydrogen-bond donors (Lipinski definition) is 2. The SMILES string of the molecule is CC(=O)N1c2ccc(C#N)cc2[C@H](Nc2nccc(CO)n2)[C@@H](C)[C@@H]1C1CC1. The zero-order valence-corrected chi connectivity index (χ0v) is 16.0. The number of aliphatic hydroxyl groups excluding tert-OH is 1. The van der Waals surface area contributed by atoms with Crippen molar-refractivity contribution in [1.29, 1.82) is 5.26 Å². The molecule has 0 bridgehead atoms. The molecule has 7 nitrogen and oxygen atoms in total. The quantitative estimate of drug-likeness (QED) is 0.849. The molecule has 2 heterocycles. The largest absolute Gasteiger partial charge is 0.390 e. The molecule has 7 heteroatoms. The minimum atomic E-state index is -0.157. The highest BCUT2D eigenvalue weighted by atomic mass is 16.3. The number of anilines is 2. The van der Waals surface area contributed by atoms with Crippen LogP contribution in [0, 0.1) is 23.2 Å². The molecule has 1 amide bonds. The summed E-state index contributed by atoms with van der Waals surface area (Å²) in [6.45, 7) is 3.58. The third-order valence-corrected chi connectivity index (χ3v) is 5.72. The second-order valence-electron chi connectivity index (χ2n) is 7.61. The van der Waals surface area contributed by atoms with Crippen LogP contribution in [0.3, 0.4) is 0 Å². The summed E-state index contributed by atoms with van der Waals surface area (Å²) in [5, 5.41) is 22.1. The molecule has 0 radical (unpaired) electrons. The Morgan fingerprint density at radius 1 is 1.39 bits per heavy atom. The maximum Gasteiger partial charge on any atom is 0.224 e. The predicted octanol–water partition coefficient (Wildman–Crippen LogP) is 2.77. The predicted molar refractivity (Wildman–Crippen MR) is 104 cm³/mol. The highest BCUT2D eigenvalue weighted by Gasteiger charge is 2.47. The van der Waals surface area contributed by atoms with Crippen molar-refractivity contribution in [3.63, 3.8) is 0 Å². The zero-order chi connectivity index (χ0) is 19.8. The van der Waals surface area contributed by atoms with Crippen LogP contribution in [0.2, 0.25) is 0 Å². The fraction of sp³-hybridized carbons (Fsp3) is 0.429. The van der Waals surface area contributed by atoms with Crippen molar-refractivity contribution in [1.82, 2.24) is 9.97 Å². The smallest absolute Gasteiger partial charge is 0.224 e. The van der Waals surface area contributed by atoms with E-state index in [-0.39, 0.29) is 30.5 Å². The van der Waals surface area contributed by atoms with Crippen LogP contribution < -0.4 is 10.2 Å². The number of nitriles is 1. The summed E-state index contributed by atoms with van der Waals surface area (Å²) >= 11 is 0. The average Bonchev–Trinajstić information content (AvgIpc) is 3.54. The molecule has 4 rings (SSSR count). The molecular weight excluding hydrogens is 354 g/mol. The van der Waals surface area contributed by atoms with Crippen molar-refractivity contribution in [2.24, 2.45) is 11.8 Å². The number of fused-ring (bicyclic) bond motifs is 1. The first-order valence-corrected chi connectivity index (χ1v) is 9.56. The maximum absolute atomic E-state index is 12.5. The molecule has 0 saturated heterocycles. The molecule has 3 atom stereocenters. The van der Waals surface area contributed by atoms with Crippen LogP contribution in [0.15, 0.2) is 30.5 Å². The van der Waals surface area contributed by atoms with Gasteiger partial charge in [-0.15, -0.1) is 0 Å². The van der Waals surface area contributed by atoms with Crippen molar-refractivity contribution in [3.05, 3.63) is 47.3 Å². The molecule has 28 heavy (non-hydrogen) atoms. The highest BCUT2D eigenvalue weighted by molar-refractivity contribution is 5.94. The van der Waals surface area contributed by atoms with Crippen molar-refractivity contribution < 1.29 is 9.90 Å². The monoisotopic (exact) mass is 377 g/mol. The van der Waals surface area contributed by atoms with Crippen molar-refractivity contribution in [2.45, 2.75) is 45.4 Å². The number of aromatic nitrogens is 2. The van der Waals surface area contributed by atoms with Crippen LogP contribution >= 0.6 is 0 Å². The molecular formula is C21H23N5O2. The van der Waals surface area contributed by atoms with E-state index in [0.29, 0.717) is 23.1 Å². The number of nitrogens with one attached hydrogen (secondary N) is 1. The van der Waals surface area contributed by atoms with Gasteiger partial charge in [-0.3, -0.25) is 4.79 Å². The van der Waals surface area contributed by atoms with Gasteiger partial charge in [0.1, 0.15) is 0 Å². The fourth-order valence-electron chi connectivity index (χ4n) is 4.33. The van der Waals surface area contributed by atoms with Crippen LogP contribution in [0.5, 0.6) is 0 Å². The summed E-state index contributed by atoms with van der Waals surface area (Å²) in [5.74, 6) is 1.05. The van der Waals surface area contributed by atoms with Gasteiger partial charge in [0.25, 0.3) is 0 Å². The maximum atomic E-state index is 12.5. The van der Waals surface area contributed by atoms with E-state index in [0.717, 1.165) is 24.1 Å². The van der Waals surface area contributed by atoms with Crippen molar-refractivity contribution in [3.8, 4) is 6.07 Å². The lowest BCUT2D eigenvalue weighted by molar-refractivity contribution is -0.117.